The Bertz CT molecular complexity index is 975. The topological polar surface area (TPSA) is 82.1 Å². The number of halogens is 1. The molecule has 0 spiro atoms. The monoisotopic (exact) mass is 469 g/mol. The molecule has 2 aliphatic rings. The van der Waals surface area contributed by atoms with Crippen LogP contribution >= 0.6 is 0 Å². The summed E-state index contributed by atoms with van der Waals surface area (Å²) in [6.07, 6.45) is 2.30. The molecule has 2 aromatic rings. The van der Waals surface area contributed by atoms with Crippen LogP contribution in [0.4, 0.5) is 14.9 Å². The molecule has 0 bridgehead atoms. The van der Waals surface area contributed by atoms with Crippen molar-refractivity contribution in [3.63, 3.8) is 0 Å². The SMILES string of the molecule is C[C@H]1CN(Cc2ccc(NC(=O)[C@H]3CC[C@H](Oc4ccc(F)cc4)CC3)cc2)CCN1C(=O)O. The van der Waals surface area contributed by atoms with E-state index >= 15 is 0 Å². The molecule has 1 aliphatic heterocycles. The Labute approximate surface area is 199 Å². The summed E-state index contributed by atoms with van der Waals surface area (Å²) in [6, 6.07) is 13.9. The molecule has 4 rings (SSSR count). The van der Waals surface area contributed by atoms with Crippen LogP contribution in [0.2, 0.25) is 0 Å². The molecule has 2 fully saturated rings. The van der Waals surface area contributed by atoms with Gasteiger partial charge in [-0.2, -0.15) is 0 Å². The van der Waals surface area contributed by atoms with Crippen LogP contribution < -0.4 is 10.1 Å². The molecular formula is C26H32FN3O4. The minimum absolute atomic E-state index is 0.0269. The number of hydrogen-bond acceptors (Lipinski definition) is 4. The van der Waals surface area contributed by atoms with Crippen molar-refractivity contribution >= 4 is 17.7 Å². The van der Waals surface area contributed by atoms with Crippen LogP contribution in [-0.2, 0) is 11.3 Å². The molecule has 8 heteroatoms. The van der Waals surface area contributed by atoms with Crippen molar-refractivity contribution in [2.45, 2.75) is 51.3 Å². The maximum atomic E-state index is 13.0. The number of benzene rings is 2. The summed E-state index contributed by atoms with van der Waals surface area (Å²) >= 11 is 0. The van der Waals surface area contributed by atoms with E-state index in [1.807, 2.05) is 31.2 Å². The lowest BCUT2D eigenvalue weighted by atomic mass is 9.86. The number of nitrogens with zero attached hydrogens (tertiary/aromatic N) is 2. The molecule has 7 nitrogen and oxygen atoms in total. The van der Waals surface area contributed by atoms with Gasteiger partial charge < -0.3 is 20.1 Å². The van der Waals surface area contributed by atoms with Crippen LogP contribution in [0.5, 0.6) is 5.75 Å². The Morgan fingerprint density at radius 3 is 2.32 bits per heavy atom. The maximum Gasteiger partial charge on any atom is 0.407 e. The van der Waals surface area contributed by atoms with Crippen LogP contribution in [0.1, 0.15) is 38.2 Å². The molecule has 2 N–H and O–H groups in total. The first-order chi connectivity index (χ1) is 16.4. The van der Waals surface area contributed by atoms with Crippen molar-refractivity contribution in [1.82, 2.24) is 9.80 Å². The zero-order valence-corrected chi connectivity index (χ0v) is 19.5. The summed E-state index contributed by atoms with van der Waals surface area (Å²) in [5.41, 5.74) is 1.91. The molecule has 0 aromatic heterocycles. The third kappa shape index (κ3) is 6.26. The van der Waals surface area contributed by atoms with E-state index in [1.165, 1.54) is 17.0 Å². The molecule has 1 atom stereocenters. The van der Waals surface area contributed by atoms with Gasteiger partial charge in [-0.25, -0.2) is 9.18 Å². The van der Waals surface area contributed by atoms with Crippen molar-refractivity contribution in [1.29, 1.82) is 0 Å². The summed E-state index contributed by atoms with van der Waals surface area (Å²) in [5.74, 6) is 0.368. The highest BCUT2D eigenvalue weighted by Crippen LogP contribution is 2.29. The minimum atomic E-state index is -0.860. The third-order valence-corrected chi connectivity index (χ3v) is 6.75. The van der Waals surface area contributed by atoms with Gasteiger partial charge in [-0.15, -0.1) is 0 Å². The Morgan fingerprint density at radius 1 is 1.03 bits per heavy atom. The molecule has 182 valence electrons. The lowest BCUT2D eigenvalue weighted by molar-refractivity contribution is -0.121. The molecule has 1 heterocycles. The van der Waals surface area contributed by atoms with Gasteiger partial charge in [0.15, 0.2) is 0 Å². The summed E-state index contributed by atoms with van der Waals surface area (Å²) in [6.45, 7) is 4.62. The van der Waals surface area contributed by atoms with Crippen molar-refractivity contribution < 1.29 is 23.8 Å². The van der Waals surface area contributed by atoms with E-state index in [1.54, 1.807) is 12.1 Å². The Morgan fingerprint density at radius 2 is 1.71 bits per heavy atom. The highest BCUT2D eigenvalue weighted by molar-refractivity contribution is 5.92. The van der Waals surface area contributed by atoms with Crippen molar-refractivity contribution in [3.05, 3.63) is 59.9 Å². The van der Waals surface area contributed by atoms with Crippen molar-refractivity contribution in [2.24, 2.45) is 5.92 Å². The van der Waals surface area contributed by atoms with E-state index in [0.717, 1.165) is 43.5 Å². The van der Waals surface area contributed by atoms with Gasteiger partial charge in [-0.3, -0.25) is 9.69 Å². The summed E-state index contributed by atoms with van der Waals surface area (Å²) < 4.78 is 19.0. The van der Waals surface area contributed by atoms with Crippen LogP contribution in [-0.4, -0.2) is 58.7 Å². The van der Waals surface area contributed by atoms with Crippen molar-refractivity contribution in [3.8, 4) is 5.75 Å². The number of nitrogens with one attached hydrogen (secondary N) is 1. The first-order valence-electron chi connectivity index (χ1n) is 11.9. The van der Waals surface area contributed by atoms with Gasteiger partial charge >= 0.3 is 6.09 Å². The number of rotatable bonds is 6. The maximum absolute atomic E-state index is 13.0. The van der Waals surface area contributed by atoms with Crippen LogP contribution in [0.3, 0.4) is 0 Å². The van der Waals surface area contributed by atoms with Crippen LogP contribution in [0, 0.1) is 11.7 Å². The fourth-order valence-electron chi connectivity index (χ4n) is 4.81. The van der Waals surface area contributed by atoms with Crippen LogP contribution in [0.25, 0.3) is 0 Å². The van der Waals surface area contributed by atoms with Gasteiger partial charge in [0.05, 0.1) is 6.10 Å². The largest absolute Gasteiger partial charge is 0.490 e. The Balaban J connectivity index is 1.21. The standard InChI is InChI=1S/C26H32FN3O4/c1-18-16-29(14-15-30(18)26(32)33)17-19-2-8-22(9-3-19)28-25(31)20-4-10-23(11-5-20)34-24-12-6-21(27)7-13-24/h2-3,6-9,12-13,18,20,23H,4-5,10-11,14-17H2,1H3,(H,28,31)(H,32,33)/t18-,20-,23-/m0/s1. The smallest absolute Gasteiger partial charge is 0.407 e. The highest BCUT2D eigenvalue weighted by atomic mass is 19.1. The van der Waals surface area contributed by atoms with Gasteiger partial charge in [0, 0.05) is 43.8 Å². The van der Waals surface area contributed by atoms with E-state index in [2.05, 4.69) is 10.2 Å². The molecule has 0 radical (unpaired) electrons. The van der Waals surface area contributed by atoms with Crippen LogP contribution in [0.15, 0.2) is 48.5 Å². The summed E-state index contributed by atoms with van der Waals surface area (Å²) in [7, 11) is 0. The lowest BCUT2D eigenvalue weighted by Gasteiger charge is -2.38. The highest BCUT2D eigenvalue weighted by Gasteiger charge is 2.28. The fourth-order valence-corrected chi connectivity index (χ4v) is 4.81. The number of ether oxygens (including phenoxy) is 1. The van der Waals surface area contributed by atoms with E-state index < -0.39 is 6.09 Å². The summed E-state index contributed by atoms with van der Waals surface area (Å²) in [4.78, 5) is 27.7. The average molecular weight is 470 g/mol. The average Bonchev–Trinajstić information content (AvgIpc) is 2.82. The molecule has 1 saturated carbocycles. The first kappa shape index (κ1) is 24.0. The predicted molar refractivity (Wildman–Crippen MR) is 127 cm³/mol. The lowest BCUT2D eigenvalue weighted by Crippen LogP contribution is -2.53. The van der Waals surface area contributed by atoms with Gasteiger partial charge in [0.1, 0.15) is 11.6 Å². The predicted octanol–water partition coefficient (Wildman–Crippen LogP) is 4.59. The number of hydrogen-bond donors (Lipinski definition) is 2. The first-order valence-corrected chi connectivity index (χ1v) is 11.9. The number of amides is 2. The van der Waals surface area contributed by atoms with E-state index in [0.29, 0.717) is 25.4 Å². The van der Waals surface area contributed by atoms with Gasteiger partial charge in [-0.1, -0.05) is 12.1 Å². The van der Waals surface area contributed by atoms with E-state index in [9.17, 15) is 19.1 Å². The zero-order chi connectivity index (χ0) is 24.1. The molecule has 1 saturated heterocycles. The van der Waals surface area contributed by atoms with E-state index in [4.69, 9.17) is 4.74 Å². The summed E-state index contributed by atoms with van der Waals surface area (Å²) in [5, 5.41) is 12.2. The molecule has 2 aromatic carbocycles. The second kappa shape index (κ2) is 10.9. The quantitative estimate of drug-likeness (QED) is 0.647. The third-order valence-electron chi connectivity index (χ3n) is 6.75. The molecule has 34 heavy (non-hydrogen) atoms. The minimum Gasteiger partial charge on any atom is -0.490 e. The molecule has 0 unspecified atom stereocenters. The number of carbonyl (C=O) groups excluding carboxylic acids is 1. The number of carbonyl (C=O) groups is 2. The Kier molecular flexibility index (Phi) is 7.67. The molecule has 1 aliphatic carbocycles. The number of carboxylic acid groups (broad SMARTS) is 1. The fraction of sp³-hybridized carbons (Fsp3) is 0.462. The van der Waals surface area contributed by atoms with Gasteiger partial charge in [0.25, 0.3) is 0 Å². The van der Waals surface area contributed by atoms with Gasteiger partial charge in [0.2, 0.25) is 5.91 Å². The molecule has 2 amide bonds. The normalized spacial score (nSPS) is 23.4. The Hall–Kier alpha value is -3.13. The number of piperazine rings is 1. The molecular weight excluding hydrogens is 437 g/mol. The number of anilines is 1. The second-order valence-corrected chi connectivity index (χ2v) is 9.29. The zero-order valence-electron chi connectivity index (χ0n) is 19.5. The second-order valence-electron chi connectivity index (χ2n) is 9.29. The van der Waals surface area contributed by atoms with Gasteiger partial charge in [-0.05, 0) is 74.6 Å². The van der Waals surface area contributed by atoms with Crippen molar-refractivity contribution in [2.75, 3.05) is 25.0 Å². The van der Waals surface area contributed by atoms with E-state index in [-0.39, 0.29) is 29.8 Å².